The van der Waals surface area contributed by atoms with Crippen LogP contribution in [0.3, 0.4) is 0 Å². The summed E-state index contributed by atoms with van der Waals surface area (Å²) in [5.74, 6) is 0.344. The summed E-state index contributed by atoms with van der Waals surface area (Å²) in [7, 11) is 0. The highest BCUT2D eigenvalue weighted by atomic mass is 16.5. The third kappa shape index (κ3) is 3.40. The third-order valence-corrected chi connectivity index (χ3v) is 5.84. The minimum atomic E-state index is -0.686. The molecule has 2 N–H and O–H groups in total. The molecule has 1 unspecified atom stereocenters. The van der Waals surface area contributed by atoms with E-state index in [9.17, 15) is 10.1 Å². The second kappa shape index (κ2) is 8.64. The number of hydrogen-bond acceptors (Lipinski definition) is 5. The van der Waals surface area contributed by atoms with Crippen LogP contribution < -0.4 is 20.8 Å². The van der Waals surface area contributed by atoms with Crippen molar-refractivity contribution in [1.29, 1.82) is 5.26 Å². The summed E-state index contributed by atoms with van der Waals surface area (Å²) in [4.78, 5) is 14.1. The van der Waals surface area contributed by atoms with E-state index in [1.165, 1.54) is 0 Å². The van der Waals surface area contributed by atoms with Gasteiger partial charge in [0.15, 0.2) is 0 Å². The van der Waals surface area contributed by atoms with Gasteiger partial charge in [-0.25, -0.2) is 0 Å². The lowest BCUT2D eigenvalue weighted by molar-refractivity contribution is 0.363. The summed E-state index contributed by atoms with van der Waals surface area (Å²) in [5, 5.41) is 10.7. The van der Waals surface area contributed by atoms with Crippen LogP contribution in [0.2, 0.25) is 0 Å². The van der Waals surface area contributed by atoms with Gasteiger partial charge in [0.2, 0.25) is 5.88 Å². The highest BCUT2D eigenvalue weighted by Gasteiger charge is 2.35. The zero-order valence-corrected chi connectivity index (χ0v) is 18.3. The first-order valence-corrected chi connectivity index (χ1v) is 10.8. The highest BCUT2D eigenvalue weighted by molar-refractivity contribution is 5.89. The van der Waals surface area contributed by atoms with Gasteiger partial charge >= 0.3 is 0 Å². The Bertz CT molecular complexity index is 1530. The molecule has 1 atom stereocenters. The van der Waals surface area contributed by atoms with Crippen LogP contribution in [0.5, 0.6) is 11.5 Å². The molecule has 0 saturated carbocycles. The van der Waals surface area contributed by atoms with Crippen LogP contribution in [0.1, 0.15) is 17.0 Å². The number of aromatic nitrogens is 1. The van der Waals surface area contributed by atoms with Crippen LogP contribution >= 0.6 is 0 Å². The SMILES string of the molecule is C=CCOc1ccc(C2C(C#N)=C(N)Oc3c2c(=O)n(-c2ccccc2)c2ccccc32)cc1. The number of rotatable bonds is 5. The van der Waals surface area contributed by atoms with E-state index in [-0.39, 0.29) is 17.0 Å². The van der Waals surface area contributed by atoms with Gasteiger partial charge in [0.25, 0.3) is 5.56 Å². The maximum Gasteiger partial charge on any atom is 0.263 e. The normalized spacial score (nSPS) is 14.7. The topological polar surface area (TPSA) is 90.3 Å². The molecule has 6 heteroatoms. The predicted octanol–water partition coefficient (Wildman–Crippen LogP) is 4.77. The van der Waals surface area contributed by atoms with Crippen LogP contribution in [0.15, 0.2) is 108 Å². The Balaban J connectivity index is 1.81. The Morgan fingerprint density at radius 2 is 1.76 bits per heavy atom. The number of nitrogens with zero attached hydrogens (tertiary/aromatic N) is 2. The predicted molar refractivity (Wildman–Crippen MR) is 131 cm³/mol. The molecule has 2 heterocycles. The van der Waals surface area contributed by atoms with Crippen LogP contribution in [-0.4, -0.2) is 11.2 Å². The summed E-state index contributed by atoms with van der Waals surface area (Å²) in [6, 6.07) is 26.4. The number of pyridine rings is 1. The second-order valence-corrected chi connectivity index (χ2v) is 7.83. The number of hydrogen-bond donors (Lipinski definition) is 1. The number of benzene rings is 3. The molecule has 1 aromatic heterocycles. The standard InChI is InChI=1S/C28H21N3O3/c1-2-16-33-20-14-12-18(13-15-20)24-22(17-29)27(30)34-26-21-10-6-7-11-23(21)31(28(32)25(24)26)19-8-4-3-5-9-19/h2-15,24H,1,16,30H2. The number of nitrogens with two attached hydrogens (primary N) is 1. The molecule has 1 aliphatic heterocycles. The first kappa shape index (κ1) is 21.1. The minimum Gasteiger partial charge on any atom is -0.490 e. The van der Waals surface area contributed by atoms with Gasteiger partial charge in [-0.15, -0.1) is 0 Å². The largest absolute Gasteiger partial charge is 0.490 e. The average Bonchev–Trinajstić information content (AvgIpc) is 2.88. The van der Waals surface area contributed by atoms with Crippen molar-refractivity contribution in [2.45, 2.75) is 5.92 Å². The molecule has 0 aliphatic carbocycles. The summed E-state index contributed by atoms with van der Waals surface area (Å²) in [6.07, 6.45) is 1.66. The number of para-hydroxylation sites is 2. The van der Waals surface area contributed by atoms with E-state index in [0.717, 1.165) is 16.6 Å². The molecule has 1 aliphatic rings. The lowest BCUT2D eigenvalue weighted by Crippen LogP contribution is -2.31. The molecule has 0 amide bonds. The van der Waals surface area contributed by atoms with Crippen molar-refractivity contribution in [3.8, 4) is 23.3 Å². The Labute approximate surface area is 196 Å². The first-order valence-electron chi connectivity index (χ1n) is 10.8. The maximum atomic E-state index is 14.1. The second-order valence-electron chi connectivity index (χ2n) is 7.83. The van der Waals surface area contributed by atoms with Gasteiger partial charge < -0.3 is 15.2 Å². The molecular formula is C28H21N3O3. The lowest BCUT2D eigenvalue weighted by Gasteiger charge is -2.28. The Morgan fingerprint density at radius 3 is 2.47 bits per heavy atom. The number of nitriles is 1. The summed E-state index contributed by atoms with van der Waals surface area (Å²) < 4.78 is 13.2. The van der Waals surface area contributed by atoms with Crippen LogP contribution in [-0.2, 0) is 0 Å². The van der Waals surface area contributed by atoms with Gasteiger partial charge in [0.1, 0.15) is 29.7 Å². The zero-order chi connectivity index (χ0) is 23.7. The molecule has 5 rings (SSSR count). The fourth-order valence-corrected chi connectivity index (χ4v) is 4.35. The van der Waals surface area contributed by atoms with Crippen LogP contribution in [0.4, 0.5) is 0 Å². The summed E-state index contributed by atoms with van der Waals surface area (Å²) in [5.41, 5.74) is 8.66. The molecule has 0 spiro atoms. The molecular weight excluding hydrogens is 426 g/mol. The van der Waals surface area contributed by atoms with Gasteiger partial charge in [-0.2, -0.15) is 5.26 Å². The summed E-state index contributed by atoms with van der Waals surface area (Å²) in [6.45, 7) is 4.04. The molecule has 166 valence electrons. The van der Waals surface area contributed by atoms with E-state index in [4.69, 9.17) is 15.2 Å². The van der Waals surface area contributed by atoms with E-state index in [1.54, 1.807) is 22.8 Å². The van der Waals surface area contributed by atoms with Crippen molar-refractivity contribution in [3.05, 3.63) is 124 Å². The van der Waals surface area contributed by atoms with Crippen molar-refractivity contribution in [2.75, 3.05) is 6.61 Å². The molecule has 6 nitrogen and oxygen atoms in total. The van der Waals surface area contributed by atoms with Crippen molar-refractivity contribution in [3.63, 3.8) is 0 Å². The minimum absolute atomic E-state index is 0.00556. The van der Waals surface area contributed by atoms with Crippen molar-refractivity contribution >= 4 is 10.9 Å². The van der Waals surface area contributed by atoms with Gasteiger partial charge in [-0.1, -0.05) is 55.1 Å². The zero-order valence-electron chi connectivity index (χ0n) is 18.3. The van der Waals surface area contributed by atoms with Gasteiger partial charge in [0.05, 0.1) is 17.0 Å². The Morgan fingerprint density at radius 1 is 1.06 bits per heavy atom. The maximum absolute atomic E-state index is 14.1. The Kier molecular flexibility index (Phi) is 5.36. The van der Waals surface area contributed by atoms with Gasteiger partial charge in [-0.05, 0) is 42.0 Å². The number of fused-ring (bicyclic) bond motifs is 3. The molecule has 34 heavy (non-hydrogen) atoms. The Hall–Kier alpha value is -4.76. The van der Waals surface area contributed by atoms with Crippen LogP contribution in [0.25, 0.3) is 16.6 Å². The molecule has 0 saturated heterocycles. The average molecular weight is 447 g/mol. The molecule has 3 aromatic carbocycles. The first-order chi connectivity index (χ1) is 16.6. The van der Waals surface area contributed by atoms with E-state index < -0.39 is 5.92 Å². The van der Waals surface area contributed by atoms with E-state index in [2.05, 4.69) is 12.6 Å². The van der Waals surface area contributed by atoms with Gasteiger partial charge in [-0.3, -0.25) is 9.36 Å². The lowest BCUT2D eigenvalue weighted by atomic mass is 9.83. The molecule has 0 bridgehead atoms. The number of allylic oxidation sites excluding steroid dienone is 1. The van der Waals surface area contributed by atoms with Crippen LogP contribution in [0, 0.1) is 11.3 Å². The monoisotopic (exact) mass is 447 g/mol. The highest BCUT2D eigenvalue weighted by Crippen LogP contribution is 2.44. The van der Waals surface area contributed by atoms with E-state index >= 15 is 0 Å². The number of ether oxygens (including phenoxy) is 2. The quantitative estimate of drug-likeness (QED) is 0.445. The third-order valence-electron chi connectivity index (χ3n) is 5.84. The summed E-state index contributed by atoms with van der Waals surface area (Å²) >= 11 is 0. The smallest absolute Gasteiger partial charge is 0.263 e. The van der Waals surface area contributed by atoms with Gasteiger partial charge in [0, 0.05) is 11.1 Å². The fourth-order valence-electron chi connectivity index (χ4n) is 4.35. The van der Waals surface area contributed by atoms with E-state index in [1.807, 2.05) is 66.7 Å². The van der Waals surface area contributed by atoms with Crippen molar-refractivity contribution in [1.82, 2.24) is 4.57 Å². The molecule has 4 aromatic rings. The van der Waals surface area contributed by atoms with E-state index in [0.29, 0.717) is 29.2 Å². The molecule has 0 fully saturated rings. The molecule has 0 radical (unpaired) electrons. The van der Waals surface area contributed by atoms with Crippen molar-refractivity contribution < 1.29 is 9.47 Å². The van der Waals surface area contributed by atoms with Crippen molar-refractivity contribution in [2.24, 2.45) is 5.73 Å². The fraction of sp³-hybridized carbons (Fsp3) is 0.0714.